The van der Waals surface area contributed by atoms with Crippen LogP contribution in [0.5, 0.6) is 5.75 Å². The van der Waals surface area contributed by atoms with Gasteiger partial charge in [0.15, 0.2) is 5.75 Å². The summed E-state index contributed by atoms with van der Waals surface area (Å²) in [5.74, 6) is -2.58. The van der Waals surface area contributed by atoms with Gasteiger partial charge in [-0.05, 0) is 42.5 Å². The highest BCUT2D eigenvalue weighted by Gasteiger charge is 2.37. The van der Waals surface area contributed by atoms with Crippen LogP contribution in [0.4, 0.5) is 16.2 Å². The van der Waals surface area contributed by atoms with Crippen molar-refractivity contribution in [2.24, 2.45) is 0 Å². The summed E-state index contributed by atoms with van der Waals surface area (Å²) >= 11 is 12.3. The monoisotopic (exact) mass is 561 g/mol. The molecule has 0 spiro atoms. The van der Waals surface area contributed by atoms with Crippen molar-refractivity contribution < 1.29 is 31.9 Å². The summed E-state index contributed by atoms with van der Waals surface area (Å²) in [7, 11) is -4.37. The van der Waals surface area contributed by atoms with Crippen LogP contribution < -0.4 is 14.4 Å². The summed E-state index contributed by atoms with van der Waals surface area (Å²) in [5, 5.41) is 12.7. The number of hydrogen-bond acceptors (Lipinski definition) is 8. The number of anilines is 1. The van der Waals surface area contributed by atoms with Crippen molar-refractivity contribution in [1.29, 1.82) is 0 Å². The van der Waals surface area contributed by atoms with Crippen molar-refractivity contribution in [3.8, 4) is 5.75 Å². The number of carbonyl (C=O) groups is 3. The van der Waals surface area contributed by atoms with Gasteiger partial charge in [0.05, 0.1) is 15.6 Å². The van der Waals surface area contributed by atoms with E-state index < -0.39 is 44.2 Å². The largest absolute Gasteiger partial charge is 0.377 e. The number of benzene rings is 3. The lowest BCUT2D eigenvalue weighted by molar-refractivity contribution is -0.384. The highest BCUT2D eigenvalue weighted by Crippen LogP contribution is 2.36. The smallest absolute Gasteiger partial charge is 0.339 e. The standard InChI is InChI=1S/C23H13Cl2N3O8S/c24-14-10-13(20(19(25)12-14)36-37(34,35)17-4-2-1-3-5-17)11-18-21(29)26-23(31)27(22(18)30)15-6-8-16(9-7-15)28(32)33/h1-12H,(H,26,29,31)/b18-11+. The fraction of sp³-hybridized carbons (Fsp3) is 0. The summed E-state index contributed by atoms with van der Waals surface area (Å²) in [6.07, 6.45) is 0.968. The Labute approximate surface area is 219 Å². The van der Waals surface area contributed by atoms with Crippen molar-refractivity contribution in [3.63, 3.8) is 0 Å². The van der Waals surface area contributed by atoms with Crippen LogP contribution in [0.2, 0.25) is 10.0 Å². The van der Waals surface area contributed by atoms with Crippen molar-refractivity contribution >= 4 is 68.6 Å². The molecule has 0 unspecified atom stereocenters. The lowest BCUT2D eigenvalue weighted by Crippen LogP contribution is -2.54. The molecule has 1 aliphatic rings. The number of nitro groups is 1. The van der Waals surface area contributed by atoms with E-state index in [1.807, 2.05) is 5.32 Å². The second-order valence-corrected chi connectivity index (χ2v) is 9.78. The van der Waals surface area contributed by atoms with Crippen LogP contribution in [0.3, 0.4) is 0 Å². The molecule has 1 saturated heterocycles. The number of urea groups is 1. The van der Waals surface area contributed by atoms with Gasteiger partial charge < -0.3 is 4.18 Å². The highest BCUT2D eigenvalue weighted by atomic mass is 35.5. The first-order chi connectivity index (χ1) is 17.5. The second-order valence-electron chi connectivity index (χ2n) is 7.39. The van der Waals surface area contributed by atoms with Crippen LogP contribution in [0.15, 0.2) is 77.2 Å². The molecule has 14 heteroatoms. The zero-order valence-electron chi connectivity index (χ0n) is 18.3. The Bertz CT molecular complexity index is 1590. The molecule has 0 radical (unpaired) electrons. The van der Waals surface area contributed by atoms with Crippen LogP contribution in [0.25, 0.3) is 6.08 Å². The SMILES string of the molecule is O=C1NC(=O)N(c2ccc([N+](=O)[O-])cc2)C(=O)/C1=C/c1cc(Cl)cc(Cl)c1OS(=O)(=O)c1ccccc1. The first-order valence-electron chi connectivity index (χ1n) is 10.1. The van der Waals surface area contributed by atoms with E-state index in [0.717, 1.165) is 30.3 Å². The number of nitrogens with one attached hydrogen (secondary N) is 1. The average molecular weight is 562 g/mol. The summed E-state index contributed by atoms with van der Waals surface area (Å²) < 4.78 is 30.8. The van der Waals surface area contributed by atoms with Gasteiger partial charge in [0, 0.05) is 22.7 Å². The summed E-state index contributed by atoms with van der Waals surface area (Å²) in [5.41, 5.74) is -1.07. The molecule has 3 aromatic carbocycles. The molecule has 188 valence electrons. The number of amides is 4. The summed E-state index contributed by atoms with van der Waals surface area (Å²) in [6.45, 7) is 0. The minimum absolute atomic E-state index is 0.0354. The molecule has 0 bridgehead atoms. The predicted octanol–water partition coefficient (Wildman–Crippen LogP) is 4.34. The number of nitro benzene ring substituents is 1. The van der Waals surface area contributed by atoms with Crippen LogP contribution in [-0.4, -0.2) is 31.2 Å². The maximum atomic E-state index is 13.2. The van der Waals surface area contributed by atoms with Gasteiger partial charge >= 0.3 is 16.1 Å². The molecular weight excluding hydrogens is 549 g/mol. The van der Waals surface area contributed by atoms with Crippen molar-refractivity contribution in [1.82, 2.24) is 5.32 Å². The van der Waals surface area contributed by atoms with Gasteiger partial charge in [0.1, 0.15) is 10.5 Å². The maximum absolute atomic E-state index is 13.2. The Morgan fingerprint density at radius 3 is 2.24 bits per heavy atom. The number of carbonyl (C=O) groups excluding carboxylic acids is 3. The molecule has 11 nitrogen and oxygen atoms in total. The number of barbiturate groups is 1. The molecule has 4 rings (SSSR count). The number of halogens is 2. The van der Waals surface area contributed by atoms with E-state index in [0.29, 0.717) is 4.90 Å². The van der Waals surface area contributed by atoms with E-state index in [9.17, 15) is 32.9 Å². The van der Waals surface area contributed by atoms with Gasteiger partial charge in [-0.3, -0.25) is 25.0 Å². The van der Waals surface area contributed by atoms with E-state index in [-0.39, 0.29) is 31.9 Å². The van der Waals surface area contributed by atoms with E-state index in [1.54, 1.807) is 6.07 Å². The first kappa shape index (κ1) is 25.8. The van der Waals surface area contributed by atoms with Crippen LogP contribution in [0, 0.1) is 10.1 Å². The topological polar surface area (TPSA) is 153 Å². The molecule has 0 saturated carbocycles. The van der Waals surface area contributed by atoms with Gasteiger partial charge in [0.25, 0.3) is 17.5 Å². The zero-order chi connectivity index (χ0) is 26.9. The fourth-order valence-electron chi connectivity index (χ4n) is 3.29. The van der Waals surface area contributed by atoms with Crippen molar-refractivity contribution in [2.45, 2.75) is 4.90 Å². The third-order valence-electron chi connectivity index (χ3n) is 4.98. The Morgan fingerprint density at radius 2 is 1.62 bits per heavy atom. The van der Waals surface area contributed by atoms with E-state index in [4.69, 9.17) is 27.4 Å². The van der Waals surface area contributed by atoms with Gasteiger partial charge in [-0.1, -0.05) is 41.4 Å². The Hall–Kier alpha value is -4.26. The molecule has 0 aliphatic carbocycles. The number of nitrogens with zero attached hydrogens (tertiary/aromatic N) is 2. The first-order valence-corrected chi connectivity index (χ1v) is 12.3. The maximum Gasteiger partial charge on any atom is 0.339 e. The molecule has 1 aliphatic heterocycles. The van der Waals surface area contributed by atoms with Crippen LogP contribution >= 0.6 is 23.2 Å². The molecule has 1 fully saturated rings. The molecule has 0 aromatic heterocycles. The highest BCUT2D eigenvalue weighted by molar-refractivity contribution is 7.87. The number of rotatable bonds is 6. The van der Waals surface area contributed by atoms with Gasteiger partial charge in [-0.15, -0.1) is 0 Å². The number of hydrogen-bond donors (Lipinski definition) is 1. The predicted molar refractivity (Wildman–Crippen MR) is 133 cm³/mol. The third kappa shape index (κ3) is 5.31. The molecule has 1 heterocycles. The molecule has 0 atom stereocenters. The molecular formula is C23H13Cl2N3O8S. The van der Waals surface area contributed by atoms with Crippen molar-refractivity contribution in [2.75, 3.05) is 4.90 Å². The Balaban J connectivity index is 1.77. The Morgan fingerprint density at radius 1 is 0.973 bits per heavy atom. The lowest BCUT2D eigenvalue weighted by Gasteiger charge is -2.26. The zero-order valence-corrected chi connectivity index (χ0v) is 20.6. The number of non-ortho nitro benzene ring substituents is 1. The fourth-order valence-corrected chi connectivity index (χ4v) is 4.88. The van der Waals surface area contributed by atoms with Crippen LogP contribution in [-0.2, 0) is 19.7 Å². The van der Waals surface area contributed by atoms with E-state index in [1.165, 1.54) is 36.4 Å². The normalized spacial score (nSPS) is 15.0. The quantitative estimate of drug-likeness (QED) is 0.153. The van der Waals surface area contributed by atoms with Gasteiger partial charge in [0.2, 0.25) is 0 Å². The molecule has 1 N–H and O–H groups in total. The third-order valence-corrected chi connectivity index (χ3v) is 6.72. The second kappa shape index (κ2) is 10.0. The van der Waals surface area contributed by atoms with Gasteiger partial charge in [-0.2, -0.15) is 8.42 Å². The minimum atomic E-state index is -4.37. The number of imide groups is 2. The molecule has 4 amide bonds. The molecule has 37 heavy (non-hydrogen) atoms. The van der Waals surface area contributed by atoms with Gasteiger partial charge in [-0.25, -0.2) is 9.69 Å². The average Bonchev–Trinajstić information content (AvgIpc) is 2.84. The summed E-state index contributed by atoms with van der Waals surface area (Å²) in [4.78, 5) is 48.8. The lowest BCUT2D eigenvalue weighted by atomic mass is 10.1. The van der Waals surface area contributed by atoms with E-state index in [2.05, 4.69) is 0 Å². The molecule has 3 aromatic rings. The van der Waals surface area contributed by atoms with Crippen LogP contribution in [0.1, 0.15) is 5.56 Å². The Kier molecular flexibility index (Phi) is 6.99. The van der Waals surface area contributed by atoms with Crippen molar-refractivity contribution in [3.05, 3.63) is 98.0 Å². The summed E-state index contributed by atoms with van der Waals surface area (Å²) in [6, 6.07) is 12.9. The van der Waals surface area contributed by atoms with E-state index >= 15 is 0 Å². The minimum Gasteiger partial charge on any atom is -0.377 e.